The van der Waals surface area contributed by atoms with Crippen LogP contribution in [0.25, 0.3) is 0 Å². The van der Waals surface area contributed by atoms with Crippen molar-refractivity contribution < 1.29 is 33.9 Å². The highest BCUT2D eigenvalue weighted by Gasteiger charge is 2.30. The number of carbonyl (C=O) groups excluding carboxylic acids is 4. The van der Waals surface area contributed by atoms with Gasteiger partial charge in [0.2, 0.25) is 0 Å². The Morgan fingerprint density at radius 2 is 0.875 bits per heavy atom. The van der Waals surface area contributed by atoms with Gasteiger partial charge in [0.05, 0.1) is 0 Å². The molecular formula is C32H34NO7+. The summed E-state index contributed by atoms with van der Waals surface area (Å²) in [5, 5.41) is 0.125. The molecule has 0 aromatic heterocycles. The van der Waals surface area contributed by atoms with Gasteiger partial charge in [-0.15, -0.1) is 0 Å². The highest BCUT2D eigenvalue weighted by Crippen LogP contribution is 2.30. The third kappa shape index (κ3) is 6.33. The van der Waals surface area contributed by atoms with Gasteiger partial charge in [-0.2, -0.15) is 9.68 Å². The summed E-state index contributed by atoms with van der Waals surface area (Å²) in [6, 6.07) is 13.8. The second kappa shape index (κ2) is 13.2. The molecule has 8 nitrogen and oxygen atoms in total. The lowest BCUT2D eigenvalue weighted by atomic mass is 9.83. The molecule has 0 atom stereocenters. The van der Waals surface area contributed by atoms with Crippen LogP contribution < -0.4 is 0 Å². The molecule has 4 rings (SSSR count). The maximum absolute atomic E-state index is 12.8. The Labute approximate surface area is 233 Å². The Hall–Kier alpha value is -4.20. The minimum absolute atomic E-state index is 0.0842. The van der Waals surface area contributed by atoms with Crippen LogP contribution in [0.2, 0.25) is 0 Å². The SMILES string of the molecule is CC1=C(CCCCCO[N+](=O)OCCCCCC2=C(C)C(=O)c3ccccc3C2=O)C(=O)c2ccccc2C1=O. The number of unbranched alkanes of at least 4 members (excludes halogenated alkanes) is 4. The van der Waals surface area contributed by atoms with E-state index in [1.807, 2.05) is 0 Å². The summed E-state index contributed by atoms with van der Waals surface area (Å²) < 4.78 is 0. The van der Waals surface area contributed by atoms with Crippen molar-refractivity contribution in [1.29, 1.82) is 0 Å². The molecule has 0 saturated heterocycles. The summed E-state index contributed by atoms with van der Waals surface area (Å²) in [5.41, 5.74) is 4.00. The Morgan fingerprint density at radius 1 is 0.525 bits per heavy atom. The van der Waals surface area contributed by atoms with Crippen LogP contribution in [0.3, 0.4) is 0 Å². The molecular weight excluding hydrogens is 510 g/mol. The van der Waals surface area contributed by atoms with Gasteiger partial charge in [0.1, 0.15) is 4.91 Å². The molecule has 0 bridgehead atoms. The van der Waals surface area contributed by atoms with E-state index in [2.05, 4.69) is 0 Å². The summed E-state index contributed by atoms with van der Waals surface area (Å²) in [4.78, 5) is 72.6. The summed E-state index contributed by atoms with van der Waals surface area (Å²) in [5.74, 6) is -0.357. The Bertz CT molecular complexity index is 1310. The van der Waals surface area contributed by atoms with E-state index >= 15 is 0 Å². The van der Waals surface area contributed by atoms with Crippen LogP contribution in [0.1, 0.15) is 107 Å². The lowest BCUT2D eigenvalue weighted by Gasteiger charge is -2.18. The molecule has 0 heterocycles. The van der Waals surface area contributed by atoms with Crippen molar-refractivity contribution in [3.8, 4) is 0 Å². The van der Waals surface area contributed by atoms with Crippen molar-refractivity contribution in [2.45, 2.75) is 65.2 Å². The monoisotopic (exact) mass is 544 g/mol. The van der Waals surface area contributed by atoms with Crippen LogP contribution in [0.5, 0.6) is 0 Å². The van der Waals surface area contributed by atoms with Crippen LogP contribution >= 0.6 is 0 Å². The molecule has 0 N–H and O–H groups in total. The standard InChI is InChI=1S/C32H34NO7/c1-21-23(31(36)27-17-9-7-15-25(27)29(21)34)13-5-3-11-19-39-33(38)40-20-12-4-6-14-24-22(2)30(35)26-16-8-10-18-28(26)32(24)37/h7-10,15-18H,3-6,11-14,19-20H2,1-2H3/q+1. The Kier molecular flexibility index (Phi) is 9.53. The number of hydrogen-bond acceptors (Lipinski definition) is 7. The Balaban J connectivity index is 1.07. The fourth-order valence-electron chi connectivity index (χ4n) is 5.18. The lowest BCUT2D eigenvalue weighted by molar-refractivity contribution is -0.981. The zero-order valence-corrected chi connectivity index (χ0v) is 23.0. The quantitative estimate of drug-likeness (QED) is 0.196. The first-order chi connectivity index (χ1) is 19.3. The molecule has 0 spiro atoms. The first kappa shape index (κ1) is 28.8. The molecule has 0 aliphatic heterocycles. The van der Waals surface area contributed by atoms with Crippen molar-refractivity contribution in [2.24, 2.45) is 0 Å². The third-order valence-electron chi connectivity index (χ3n) is 7.50. The molecule has 208 valence electrons. The van der Waals surface area contributed by atoms with E-state index in [-0.39, 0.29) is 41.4 Å². The van der Waals surface area contributed by atoms with E-state index in [0.29, 0.717) is 83.1 Å². The van der Waals surface area contributed by atoms with Crippen molar-refractivity contribution in [1.82, 2.24) is 0 Å². The second-order valence-electron chi connectivity index (χ2n) is 10.1. The first-order valence-corrected chi connectivity index (χ1v) is 13.8. The molecule has 8 heteroatoms. The van der Waals surface area contributed by atoms with Gasteiger partial charge in [-0.25, -0.2) is 0 Å². The van der Waals surface area contributed by atoms with Gasteiger partial charge >= 0.3 is 5.09 Å². The van der Waals surface area contributed by atoms with E-state index in [0.717, 1.165) is 12.8 Å². The van der Waals surface area contributed by atoms with E-state index in [1.54, 1.807) is 62.4 Å². The number of ketones is 4. The van der Waals surface area contributed by atoms with Crippen LogP contribution in [-0.2, 0) is 9.68 Å². The van der Waals surface area contributed by atoms with Crippen LogP contribution in [-0.4, -0.2) is 41.4 Å². The predicted octanol–water partition coefficient (Wildman–Crippen LogP) is 6.54. The van der Waals surface area contributed by atoms with Gasteiger partial charge in [0.15, 0.2) is 36.3 Å². The van der Waals surface area contributed by atoms with Crippen molar-refractivity contribution in [3.63, 3.8) is 0 Å². The zero-order chi connectivity index (χ0) is 28.6. The molecule has 0 saturated carbocycles. The average Bonchev–Trinajstić information content (AvgIpc) is 2.97. The van der Waals surface area contributed by atoms with Gasteiger partial charge < -0.3 is 0 Å². The second-order valence-corrected chi connectivity index (χ2v) is 10.1. The zero-order valence-electron chi connectivity index (χ0n) is 23.0. The molecule has 0 fully saturated rings. The van der Waals surface area contributed by atoms with E-state index in [1.165, 1.54) is 0 Å². The highest BCUT2D eigenvalue weighted by atomic mass is 17.0. The molecule has 0 radical (unpaired) electrons. The van der Waals surface area contributed by atoms with E-state index in [9.17, 15) is 24.1 Å². The third-order valence-corrected chi connectivity index (χ3v) is 7.50. The lowest BCUT2D eigenvalue weighted by Crippen LogP contribution is -2.20. The molecule has 2 aliphatic carbocycles. The Morgan fingerprint density at radius 3 is 1.25 bits per heavy atom. The van der Waals surface area contributed by atoms with Crippen LogP contribution in [0, 0.1) is 4.91 Å². The number of Topliss-reactive ketones (excluding diaryl/α,β-unsaturated/α-hetero) is 4. The van der Waals surface area contributed by atoms with Crippen molar-refractivity contribution in [2.75, 3.05) is 13.2 Å². The fraction of sp³-hybridized carbons (Fsp3) is 0.375. The highest BCUT2D eigenvalue weighted by molar-refractivity contribution is 6.27. The van der Waals surface area contributed by atoms with Gasteiger partial charge in [-0.3, -0.25) is 19.2 Å². The van der Waals surface area contributed by atoms with E-state index < -0.39 is 0 Å². The van der Waals surface area contributed by atoms with Gasteiger partial charge in [-0.05, 0) is 65.2 Å². The molecule has 2 aromatic carbocycles. The maximum Gasteiger partial charge on any atom is 0.477 e. The van der Waals surface area contributed by atoms with Gasteiger partial charge in [0, 0.05) is 44.5 Å². The number of benzene rings is 2. The fourth-order valence-corrected chi connectivity index (χ4v) is 5.18. The smallest absolute Gasteiger partial charge is 0.289 e. The van der Waals surface area contributed by atoms with Crippen LogP contribution in [0.15, 0.2) is 70.8 Å². The molecule has 0 unspecified atom stereocenters. The minimum Gasteiger partial charge on any atom is -0.289 e. The van der Waals surface area contributed by atoms with Gasteiger partial charge in [0.25, 0.3) is 0 Å². The van der Waals surface area contributed by atoms with Crippen molar-refractivity contribution >= 4 is 23.1 Å². The number of allylic oxidation sites excluding steroid dienone is 4. The minimum atomic E-state index is -0.0942. The topological polar surface area (TPSA) is 107 Å². The molecule has 40 heavy (non-hydrogen) atoms. The van der Waals surface area contributed by atoms with Gasteiger partial charge in [-0.1, -0.05) is 48.5 Å². The predicted molar refractivity (Wildman–Crippen MR) is 148 cm³/mol. The summed E-state index contributed by atoms with van der Waals surface area (Å²) in [6.45, 7) is 3.77. The summed E-state index contributed by atoms with van der Waals surface area (Å²) in [7, 11) is 0. The first-order valence-electron chi connectivity index (χ1n) is 13.8. The average molecular weight is 545 g/mol. The van der Waals surface area contributed by atoms with Crippen molar-refractivity contribution in [3.05, 3.63) is 98.0 Å². The normalized spacial score (nSPS) is 14.8. The summed E-state index contributed by atoms with van der Waals surface area (Å²) in [6.07, 6.45) is 5.09. The number of rotatable bonds is 14. The summed E-state index contributed by atoms with van der Waals surface area (Å²) >= 11 is 0. The number of fused-ring (bicyclic) bond motifs is 2. The van der Waals surface area contributed by atoms with Crippen LogP contribution in [0.4, 0.5) is 0 Å². The number of hydrogen-bond donors (Lipinski definition) is 0. The molecule has 0 amide bonds. The molecule has 2 aromatic rings. The van der Waals surface area contributed by atoms with E-state index in [4.69, 9.17) is 9.68 Å². The number of carbonyl (C=O) groups is 4. The largest absolute Gasteiger partial charge is 0.477 e. The maximum atomic E-state index is 12.8. The number of nitrogens with zero attached hydrogens (tertiary/aromatic N) is 1. The molecule has 2 aliphatic rings.